The summed E-state index contributed by atoms with van der Waals surface area (Å²) in [7, 11) is 1.25. The van der Waals surface area contributed by atoms with E-state index in [9.17, 15) is 27.6 Å². The van der Waals surface area contributed by atoms with Gasteiger partial charge in [0, 0.05) is 11.9 Å². The van der Waals surface area contributed by atoms with Crippen molar-refractivity contribution in [3.05, 3.63) is 70.0 Å². The number of nitrogens with zero attached hydrogens (tertiary/aromatic N) is 3. The first-order chi connectivity index (χ1) is 17.2. The van der Waals surface area contributed by atoms with Crippen molar-refractivity contribution in [1.82, 2.24) is 14.5 Å². The molecule has 0 aliphatic heterocycles. The number of benzene rings is 1. The molecule has 10 heteroatoms. The quantitative estimate of drug-likeness (QED) is 0.427. The molecule has 0 radical (unpaired) electrons. The van der Waals surface area contributed by atoms with Crippen LogP contribution in [0.3, 0.4) is 0 Å². The monoisotopic (exact) mass is 501 g/mol. The number of hydrogen-bond acceptors (Lipinski definition) is 6. The highest BCUT2D eigenvalue weighted by Gasteiger charge is 2.35. The molecule has 36 heavy (non-hydrogen) atoms. The van der Waals surface area contributed by atoms with Gasteiger partial charge >= 0.3 is 12.1 Å². The van der Waals surface area contributed by atoms with Gasteiger partial charge in [-0.1, -0.05) is 38.2 Å². The summed E-state index contributed by atoms with van der Waals surface area (Å²) in [5.74, 6) is -0.751. The van der Waals surface area contributed by atoms with Crippen molar-refractivity contribution in [3.8, 4) is 0 Å². The molecular weight excluding hydrogens is 475 g/mol. The zero-order chi connectivity index (χ0) is 25.9. The fourth-order valence-corrected chi connectivity index (χ4v) is 4.84. The molecule has 0 amide bonds. The lowest BCUT2D eigenvalue weighted by Gasteiger charge is -2.27. The number of ether oxygens (including phenoxy) is 1. The van der Waals surface area contributed by atoms with Gasteiger partial charge in [0.05, 0.1) is 47.9 Å². The third kappa shape index (κ3) is 5.47. The Morgan fingerprint density at radius 2 is 1.86 bits per heavy atom. The number of carbonyl (C=O) groups is 2. The maximum atomic E-state index is 13.7. The van der Waals surface area contributed by atoms with Crippen LogP contribution in [-0.4, -0.2) is 33.4 Å². The Balaban J connectivity index is 1.72. The average molecular weight is 502 g/mol. The van der Waals surface area contributed by atoms with Gasteiger partial charge in [-0.25, -0.2) is 9.78 Å². The van der Waals surface area contributed by atoms with Gasteiger partial charge in [-0.2, -0.15) is 13.2 Å². The number of pyridine rings is 1. The lowest BCUT2D eigenvalue weighted by molar-refractivity contribution is -0.136. The third-order valence-electron chi connectivity index (χ3n) is 6.71. The molecule has 1 aliphatic rings. The van der Waals surface area contributed by atoms with Crippen molar-refractivity contribution >= 4 is 22.7 Å². The highest BCUT2D eigenvalue weighted by molar-refractivity contribution is 5.89. The van der Waals surface area contributed by atoms with Crippen molar-refractivity contribution in [2.75, 3.05) is 7.11 Å². The molecule has 1 atom stereocenters. The van der Waals surface area contributed by atoms with Crippen molar-refractivity contribution in [2.24, 2.45) is 5.92 Å². The van der Waals surface area contributed by atoms with E-state index in [2.05, 4.69) is 14.7 Å². The molecule has 1 aliphatic carbocycles. The van der Waals surface area contributed by atoms with Gasteiger partial charge in [-0.05, 0) is 36.6 Å². The molecule has 0 saturated heterocycles. The number of aromatic nitrogens is 3. The second kappa shape index (κ2) is 10.6. The number of halogens is 3. The van der Waals surface area contributed by atoms with Crippen LogP contribution in [0.1, 0.15) is 66.2 Å². The molecule has 0 N–H and O–H groups in total. The van der Waals surface area contributed by atoms with E-state index >= 15 is 0 Å². The van der Waals surface area contributed by atoms with E-state index in [1.165, 1.54) is 43.9 Å². The highest BCUT2D eigenvalue weighted by Crippen LogP contribution is 2.34. The molecule has 0 spiro atoms. The minimum atomic E-state index is -4.74. The van der Waals surface area contributed by atoms with E-state index in [1.807, 2.05) is 0 Å². The number of hydrogen-bond donors (Lipinski definition) is 0. The fourth-order valence-electron chi connectivity index (χ4n) is 4.84. The first-order valence-electron chi connectivity index (χ1n) is 11.8. The normalized spacial score (nSPS) is 15.6. The Labute approximate surface area is 205 Å². The SMILES string of the molecule is COC(=O)c1ccc(CC(=O)C(CC2CCCCC2)n2cnc3cccc(C(F)(F)F)c3c2=O)nc1. The number of fused-ring (bicyclic) bond motifs is 1. The standard InChI is InChI=1S/C26H26F3N3O4/c1-36-25(35)17-10-11-18(30-14-17)13-22(33)21(12-16-6-3-2-4-7-16)32-15-31-20-9-5-8-19(26(27,28)29)23(20)24(32)34/h5,8-11,14-16,21H,2-4,6-7,12-13H2,1H3. The summed E-state index contributed by atoms with van der Waals surface area (Å²) >= 11 is 0. The Morgan fingerprint density at radius 1 is 1.11 bits per heavy atom. The highest BCUT2D eigenvalue weighted by atomic mass is 19.4. The molecule has 7 nitrogen and oxygen atoms in total. The lowest BCUT2D eigenvalue weighted by Crippen LogP contribution is -2.34. The van der Waals surface area contributed by atoms with Crippen LogP contribution in [0.5, 0.6) is 0 Å². The predicted octanol–water partition coefficient (Wildman–Crippen LogP) is 4.92. The summed E-state index contributed by atoms with van der Waals surface area (Å²) in [6.45, 7) is 0. The van der Waals surface area contributed by atoms with E-state index in [0.29, 0.717) is 12.1 Å². The molecule has 1 aromatic carbocycles. The molecule has 1 fully saturated rings. The molecule has 3 aromatic rings. The van der Waals surface area contributed by atoms with Gasteiger partial charge in [-0.15, -0.1) is 0 Å². The zero-order valence-corrected chi connectivity index (χ0v) is 19.8. The maximum absolute atomic E-state index is 13.7. The molecule has 4 rings (SSSR count). The molecule has 1 unspecified atom stereocenters. The number of methoxy groups -OCH3 is 1. The van der Waals surface area contributed by atoms with Crippen LogP contribution in [0.25, 0.3) is 10.9 Å². The number of rotatable bonds is 7. The van der Waals surface area contributed by atoms with Crippen LogP contribution in [0.2, 0.25) is 0 Å². The average Bonchev–Trinajstić information content (AvgIpc) is 2.87. The number of ketones is 1. The first kappa shape index (κ1) is 25.5. The lowest BCUT2D eigenvalue weighted by atomic mass is 9.83. The predicted molar refractivity (Wildman–Crippen MR) is 126 cm³/mol. The number of Topliss-reactive ketones (excluding diaryl/α,β-unsaturated/α-hetero) is 1. The summed E-state index contributed by atoms with van der Waals surface area (Å²) in [6.07, 6.45) is 2.79. The van der Waals surface area contributed by atoms with E-state index in [1.54, 1.807) is 0 Å². The first-order valence-corrected chi connectivity index (χ1v) is 11.8. The van der Waals surface area contributed by atoms with Crippen LogP contribution in [-0.2, 0) is 22.1 Å². The number of carbonyl (C=O) groups excluding carboxylic acids is 2. The van der Waals surface area contributed by atoms with Crippen LogP contribution >= 0.6 is 0 Å². The van der Waals surface area contributed by atoms with Crippen molar-refractivity contribution in [2.45, 2.75) is 57.2 Å². The van der Waals surface area contributed by atoms with Gasteiger partial charge < -0.3 is 4.74 Å². The van der Waals surface area contributed by atoms with Gasteiger partial charge in [0.1, 0.15) is 0 Å². The van der Waals surface area contributed by atoms with Crippen LogP contribution in [0.15, 0.2) is 47.7 Å². The fraction of sp³-hybridized carbons (Fsp3) is 0.423. The van der Waals surface area contributed by atoms with E-state index in [0.717, 1.165) is 42.7 Å². The topological polar surface area (TPSA) is 91.2 Å². The Kier molecular flexibility index (Phi) is 7.51. The summed E-state index contributed by atoms with van der Waals surface area (Å²) in [4.78, 5) is 46.8. The molecule has 2 heterocycles. The van der Waals surface area contributed by atoms with E-state index in [4.69, 9.17) is 0 Å². The maximum Gasteiger partial charge on any atom is 0.417 e. The largest absolute Gasteiger partial charge is 0.465 e. The van der Waals surface area contributed by atoms with Gasteiger partial charge in [-0.3, -0.25) is 19.1 Å². The van der Waals surface area contributed by atoms with Crippen molar-refractivity contribution < 1.29 is 27.5 Å². The molecule has 2 aromatic heterocycles. The third-order valence-corrected chi connectivity index (χ3v) is 6.71. The Morgan fingerprint density at radius 3 is 2.50 bits per heavy atom. The smallest absolute Gasteiger partial charge is 0.417 e. The minimum Gasteiger partial charge on any atom is -0.465 e. The van der Waals surface area contributed by atoms with Gasteiger partial charge in [0.25, 0.3) is 5.56 Å². The summed E-state index contributed by atoms with van der Waals surface area (Å²) < 4.78 is 46.7. The number of esters is 1. The van der Waals surface area contributed by atoms with Crippen molar-refractivity contribution in [3.63, 3.8) is 0 Å². The van der Waals surface area contributed by atoms with Crippen molar-refractivity contribution in [1.29, 1.82) is 0 Å². The van der Waals surface area contributed by atoms with Crippen LogP contribution in [0.4, 0.5) is 13.2 Å². The second-order valence-electron chi connectivity index (χ2n) is 9.08. The Hall–Kier alpha value is -3.56. The second-order valence-corrected chi connectivity index (χ2v) is 9.08. The minimum absolute atomic E-state index is 0.0741. The van der Waals surface area contributed by atoms with Crippen LogP contribution in [0, 0.1) is 5.92 Å². The van der Waals surface area contributed by atoms with Gasteiger partial charge in [0.2, 0.25) is 0 Å². The summed E-state index contributed by atoms with van der Waals surface area (Å²) in [5.41, 5.74) is -1.44. The zero-order valence-electron chi connectivity index (χ0n) is 19.8. The van der Waals surface area contributed by atoms with Crippen LogP contribution < -0.4 is 5.56 Å². The van der Waals surface area contributed by atoms with Gasteiger partial charge in [0.15, 0.2) is 5.78 Å². The number of alkyl halides is 3. The molecule has 1 saturated carbocycles. The van der Waals surface area contributed by atoms with E-state index in [-0.39, 0.29) is 29.2 Å². The molecule has 0 bridgehead atoms. The summed E-state index contributed by atoms with van der Waals surface area (Å²) in [6, 6.07) is 5.42. The van der Waals surface area contributed by atoms with E-state index < -0.39 is 34.7 Å². The summed E-state index contributed by atoms with van der Waals surface area (Å²) in [5, 5.41) is -0.547. The molecular formula is C26H26F3N3O4. The Bertz CT molecular complexity index is 1310. The molecule has 190 valence electrons.